The minimum atomic E-state index is -3.52. The van der Waals surface area contributed by atoms with Crippen LogP contribution in [0.25, 0.3) is 0 Å². The molecule has 0 spiro atoms. The lowest BCUT2D eigenvalue weighted by Gasteiger charge is -2.42. The highest BCUT2D eigenvalue weighted by molar-refractivity contribution is 7.88. The molecule has 0 unspecified atom stereocenters. The Labute approximate surface area is 160 Å². The highest BCUT2D eigenvalue weighted by Crippen LogP contribution is 2.34. The van der Waals surface area contributed by atoms with Crippen LogP contribution in [0.4, 0.5) is 0 Å². The Bertz CT molecular complexity index is 773. The number of hydrogen-bond donors (Lipinski definition) is 2. The smallest absolute Gasteiger partial charge is 0.317 e. The zero-order valence-electron chi connectivity index (χ0n) is 16.1. The second-order valence-electron chi connectivity index (χ2n) is 8.90. The van der Waals surface area contributed by atoms with Crippen molar-refractivity contribution in [2.24, 2.45) is 5.92 Å². The number of aliphatic carboxylic acids is 1. The SMILES string of the molecule is CC(C)(C)c1cc(CS(=O)(=O)NC2CC(N(CC(=O)O)CC3CC3)C2)no1. The van der Waals surface area contributed by atoms with Gasteiger partial charge in [-0.1, -0.05) is 25.9 Å². The van der Waals surface area contributed by atoms with Crippen LogP contribution < -0.4 is 4.72 Å². The van der Waals surface area contributed by atoms with Crippen LogP contribution in [0.15, 0.2) is 10.6 Å². The van der Waals surface area contributed by atoms with E-state index in [0.29, 0.717) is 30.2 Å². The standard InChI is InChI=1S/C18H29N3O5S/c1-18(2,3)16-8-14(19-26-16)11-27(24,25)20-13-6-15(7-13)21(10-17(22)23)9-12-4-5-12/h8,12-13,15,20H,4-7,9-11H2,1-3H3,(H,22,23). The molecule has 2 aliphatic carbocycles. The van der Waals surface area contributed by atoms with E-state index in [4.69, 9.17) is 9.63 Å². The molecule has 27 heavy (non-hydrogen) atoms. The van der Waals surface area contributed by atoms with Gasteiger partial charge in [-0.05, 0) is 31.6 Å². The van der Waals surface area contributed by atoms with Gasteiger partial charge in [0.15, 0.2) is 0 Å². The summed E-state index contributed by atoms with van der Waals surface area (Å²) >= 11 is 0. The maximum Gasteiger partial charge on any atom is 0.317 e. The normalized spacial score (nSPS) is 23.4. The first kappa shape index (κ1) is 20.3. The van der Waals surface area contributed by atoms with Crippen molar-refractivity contribution in [2.75, 3.05) is 13.1 Å². The van der Waals surface area contributed by atoms with Crippen LogP contribution in [0.2, 0.25) is 0 Å². The average molecular weight is 400 g/mol. The summed E-state index contributed by atoms with van der Waals surface area (Å²) in [6.45, 7) is 6.75. The third-order valence-electron chi connectivity index (χ3n) is 5.14. The number of nitrogens with one attached hydrogen (secondary N) is 1. The molecule has 0 aliphatic heterocycles. The highest BCUT2D eigenvalue weighted by atomic mass is 32.2. The molecule has 1 heterocycles. The van der Waals surface area contributed by atoms with Gasteiger partial charge in [0.25, 0.3) is 0 Å². The van der Waals surface area contributed by atoms with E-state index in [2.05, 4.69) is 9.88 Å². The first-order chi connectivity index (χ1) is 12.5. The van der Waals surface area contributed by atoms with Gasteiger partial charge in [-0.2, -0.15) is 0 Å². The van der Waals surface area contributed by atoms with E-state index in [-0.39, 0.29) is 29.8 Å². The molecule has 0 amide bonds. The van der Waals surface area contributed by atoms with Crippen LogP contribution in [0.5, 0.6) is 0 Å². The largest absolute Gasteiger partial charge is 0.480 e. The topological polar surface area (TPSA) is 113 Å². The van der Waals surface area contributed by atoms with Crippen LogP contribution in [-0.4, -0.2) is 54.7 Å². The lowest BCUT2D eigenvalue weighted by atomic mass is 9.86. The summed E-state index contributed by atoms with van der Waals surface area (Å²) in [5.74, 6) is 0.208. The van der Waals surface area contributed by atoms with Crippen molar-refractivity contribution in [3.63, 3.8) is 0 Å². The lowest BCUT2D eigenvalue weighted by molar-refractivity contribution is -0.139. The van der Waals surface area contributed by atoms with Gasteiger partial charge in [0.2, 0.25) is 10.0 Å². The van der Waals surface area contributed by atoms with Crippen LogP contribution in [0, 0.1) is 5.92 Å². The maximum absolute atomic E-state index is 12.4. The molecule has 152 valence electrons. The van der Waals surface area contributed by atoms with Crippen molar-refractivity contribution in [2.45, 2.75) is 69.7 Å². The molecule has 2 N–H and O–H groups in total. The molecule has 0 atom stereocenters. The molecule has 0 radical (unpaired) electrons. The van der Waals surface area contributed by atoms with Crippen LogP contribution >= 0.6 is 0 Å². The van der Waals surface area contributed by atoms with Gasteiger partial charge in [-0.15, -0.1) is 0 Å². The first-order valence-corrected chi connectivity index (χ1v) is 11.1. The predicted octanol–water partition coefficient (Wildman–Crippen LogP) is 1.72. The van der Waals surface area contributed by atoms with Crippen molar-refractivity contribution in [1.29, 1.82) is 0 Å². The molecule has 1 aromatic rings. The van der Waals surface area contributed by atoms with Crippen molar-refractivity contribution in [3.05, 3.63) is 17.5 Å². The van der Waals surface area contributed by atoms with Gasteiger partial charge < -0.3 is 9.63 Å². The van der Waals surface area contributed by atoms with E-state index in [1.54, 1.807) is 6.07 Å². The molecule has 0 saturated heterocycles. The van der Waals surface area contributed by atoms with Gasteiger partial charge in [-0.3, -0.25) is 9.69 Å². The van der Waals surface area contributed by atoms with Crippen LogP contribution in [0.3, 0.4) is 0 Å². The number of carbonyl (C=O) groups is 1. The van der Waals surface area contributed by atoms with Crippen molar-refractivity contribution >= 4 is 16.0 Å². The molecule has 1 aromatic heterocycles. The van der Waals surface area contributed by atoms with E-state index in [9.17, 15) is 13.2 Å². The summed E-state index contributed by atoms with van der Waals surface area (Å²) in [7, 11) is -3.52. The second kappa shape index (κ2) is 7.52. The molecule has 9 heteroatoms. The minimum Gasteiger partial charge on any atom is -0.480 e. The molecule has 3 rings (SSSR count). The molecular formula is C18H29N3O5S. The molecular weight excluding hydrogens is 370 g/mol. The van der Waals surface area contributed by atoms with E-state index in [0.717, 1.165) is 19.4 Å². The van der Waals surface area contributed by atoms with E-state index in [1.165, 1.54) is 0 Å². The fourth-order valence-corrected chi connectivity index (χ4v) is 4.66. The molecule has 2 saturated carbocycles. The number of hydrogen-bond acceptors (Lipinski definition) is 6. The number of sulfonamides is 1. The van der Waals surface area contributed by atoms with Gasteiger partial charge in [0.1, 0.15) is 17.2 Å². The Morgan fingerprint density at radius 3 is 2.56 bits per heavy atom. The highest BCUT2D eigenvalue weighted by Gasteiger charge is 2.38. The molecule has 2 aliphatic rings. The Hall–Kier alpha value is -1.45. The molecule has 2 fully saturated rings. The summed E-state index contributed by atoms with van der Waals surface area (Å²) < 4.78 is 32.8. The van der Waals surface area contributed by atoms with Gasteiger partial charge in [0, 0.05) is 30.1 Å². The third-order valence-corrected chi connectivity index (χ3v) is 6.51. The van der Waals surface area contributed by atoms with Crippen molar-refractivity contribution < 1.29 is 22.8 Å². The van der Waals surface area contributed by atoms with Gasteiger partial charge in [0.05, 0.1) is 6.54 Å². The van der Waals surface area contributed by atoms with E-state index in [1.807, 2.05) is 25.7 Å². The number of nitrogens with zero attached hydrogens (tertiary/aromatic N) is 2. The summed E-state index contributed by atoms with van der Waals surface area (Å²) in [6, 6.07) is 1.67. The number of carboxylic acids is 1. The van der Waals surface area contributed by atoms with Crippen molar-refractivity contribution in [1.82, 2.24) is 14.8 Å². The Kier molecular flexibility index (Phi) is 5.65. The summed E-state index contributed by atoms with van der Waals surface area (Å²) in [6.07, 6.45) is 3.61. The Morgan fingerprint density at radius 2 is 2.04 bits per heavy atom. The summed E-state index contributed by atoms with van der Waals surface area (Å²) in [5, 5.41) is 13.0. The number of rotatable bonds is 9. The van der Waals surface area contributed by atoms with Gasteiger partial charge in [-0.25, -0.2) is 13.1 Å². The van der Waals surface area contributed by atoms with Crippen LogP contribution in [-0.2, 0) is 26.0 Å². The lowest BCUT2D eigenvalue weighted by Crippen LogP contribution is -2.55. The summed E-state index contributed by atoms with van der Waals surface area (Å²) in [4.78, 5) is 13.1. The van der Waals surface area contributed by atoms with Gasteiger partial charge >= 0.3 is 5.97 Å². The molecule has 0 bridgehead atoms. The average Bonchev–Trinajstić information content (AvgIpc) is 3.16. The quantitative estimate of drug-likeness (QED) is 0.650. The first-order valence-electron chi connectivity index (χ1n) is 9.44. The number of carboxylic acid groups (broad SMARTS) is 1. The monoisotopic (exact) mass is 399 g/mol. The third kappa shape index (κ3) is 5.76. The molecule has 0 aromatic carbocycles. The number of aromatic nitrogens is 1. The van der Waals surface area contributed by atoms with Crippen molar-refractivity contribution in [3.8, 4) is 0 Å². The molecule has 8 nitrogen and oxygen atoms in total. The maximum atomic E-state index is 12.4. The zero-order chi connectivity index (χ0) is 19.8. The van der Waals surface area contributed by atoms with E-state index >= 15 is 0 Å². The van der Waals surface area contributed by atoms with E-state index < -0.39 is 16.0 Å². The zero-order valence-corrected chi connectivity index (χ0v) is 17.0. The minimum absolute atomic E-state index is 0.0230. The Morgan fingerprint density at radius 1 is 1.37 bits per heavy atom. The van der Waals surface area contributed by atoms with Crippen LogP contribution in [0.1, 0.15) is 57.9 Å². The fourth-order valence-electron chi connectivity index (χ4n) is 3.35. The Balaban J connectivity index is 1.50. The fraction of sp³-hybridized carbons (Fsp3) is 0.778. The second-order valence-corrected chi connectivity index (χ2v) is 10.7. The summed E-state index contributed by atoms with van der Waals surface area (Å²) in [5.41, 5.74) is 0.170. The predicted molar refractivity (Wildman–Crippen MR) is 99.7 cm³/mol.